The number of nitrogens with one attached hydrogen (secondary N) is 1. The number of hydrogen-bond donors (Lipinski definition) is 2. The largest absolute Gasteiger partial charge is 0.338 e. The quantitative estimate of drug-likeness (QED) is 0.715. The van der Waals surface area contributed by atoms with Crippen molar-refractivity contribution in [3.63, 3.8) is 0 Å². The number of nitrogens with zero attached hydrogens (tertiary/aromatic N) is 2. The minimum Gasteiger partial charge on any atom is -0.307 e. The van der Waals surface area contributed by atoms with Crippen molar-refractivity contribution in [2.75, 3.05) is 5.32 Å². The van der Waals surface area contributed by atoms with Gasteiger partial charge in [0, 0.05) is 16.5 Å². The number of fused-ring (bicyclic) bond motifs is 1. The third kappa shape index (κ3) is 3.40. The van der Waals surface area contributed by atoms with Crippen molar-refractivity contribution < 1.29 is 4.79 Å². The Labute approximate surface area is 143 Å². The lowest BCUT2D eigenvalue weighted by Gasteiger charge is -2.21. The molecule has 1 N–H and O–H groups in total. The number of aliphatic imine (C=N–C) groups is 1. The van der Waals surface area contributed by atoms with Gasteiger partial charge in [-0.3, -0.25) is 0 Å². The molecule has 1 aliphatic heterocycles. The molecule has 7 heteroatoms. The van der Waals surface area contributed by atoms with Crippen molar-refractivity contribution in [1.29, 1.82) is 0 Å². The molecule has 2 amide bonds. The fourth-order valence-corrected chi connectivity index (χ4v) is 3.31. The average Bonchev–Trinajstić information content (AvgIpc) is 2.53. The zero-order valence-corrected chi connectivity index (χ0v) is 13.8. The summed E-state index contributed by atoms with van der Waals surface area (Å²) in [7, 11) is 0. The van der Waals surface area contributed by atoms with E-state index in [1.165, 1.54) is 16.1 Å². The Balaban J connectivity index is 1.75. The first-order chi connectivity index (χ1) is 10.6. The SMILES string of the molecule is O=C(Nc1cccc(Cl)c1)N(S)C1=Nc2ccccc2CS1. The fourth-order valence-electron chi connectivity index (χ4n) is 1.96. The van der Waals surface area contributed by atoms with Crippen molar-refractivity contribution in [3.8, 4) is 0 Å². The van der Waals surface area contributed by atoms with Crippen LogP contribution in [0.2, 0.25) is 5.02 Å². The van der Waals surface area contributed by atoms with Crippen molar-refractivity contribution in [2.24, 2.45) is 4.99 Å². The minimum absolute atomic E-state index is 0.378. The highest BCUT2D eigenvalue weighted by atomic mass is 35.5. The third-order valence-corrected chi connectivity index (χ3v) is 4.74. The van der Waals surface area contributed by atoms with Crippen LogP contribution in [0.5, 0.6) is 0 Å². The van der Waals surface area contributed by atoms with Gasteiger partial charge in [0.2, 0.25) is 0 Å². The first-order valence-corrected chi connectivity index (χ1v) is 8.25. The highest BCUT2D eigenvalue weighted by molar-refractivity contribution is 8.14. The lowest BCUT2D eigenvalue weighted by Crippen LogP contribution is -2.31. The maximum atomic E-state index is 12.2. The van der Waals surface area contributed by atoms with Gasteiger partial charge in [-0.05, 0) is 29.8 Å². The number of urea groups is 1. The first-order valence-electron chi connectivity index (χ1n) is 6.48. The van der Waals surface area contributed by atoms with E-state index in [0.717, 1.165) is 17.0 Å². The van der Waals surface area contributed by atoms with E-state index >= 15 is 0 Å². The molecule has 2 aromatic rings. The normalized spacial score (nSPS) is 13.1. The summed E-state index contributed by atoms with van der Waals surface area (Å²) < 4.78 is 1.21. The number of amidine groups is 1. The van der Waals surface area contributed by atoms with Crippen molar-refractivity contribution in [1.82, 2.24) is 4.31 Å². The first kappa shape index (κ1) is 15.3. The molecule has 0 atom stereocenters. The van der Waals surface area contributed by atoms with E-state index in [1.807, 2.05) is 24.3 Å². The maximum Gasteiger partial charge on any atom is 0.338 e. The van der Waals surface area contributed by atoms with Gasteiger partial charge in [0.05, 0.1) is 5.69 Å². The Bertz CT molecular complexity index is 751. The molecule has 0 spiro atoms. The van der Waals surface area contributed by atoms with Gasteiger partial charge in [0.25, 0.3) is 0 Å². The van der Waals surface area contributed by atoms with Gasteiger partial charge >= 0.3 is 6.03 Å². The molecule has 0 fully saturated rings. The Morgan fingerprint density at radius 1 is 1.27 bits per heavy atom. The number of amides is 2. The molecule has 0 radical (unpaired) electrons. The van der Waals surface area contributed by atoms with Crippen LogP contribution in [0.1, 0.15) is 5.56 Å². The molecule has 1 heterocycles. The molecule has 0 aliphatic carbocycles. The standard InChI is InChI=1S/C15H12ClN3OS2/c16-11-5-3-6-12(8-11)17-14(20)19(21)15-18-13-7-2-1-4-10(13)9-22-15/h1-8,21H,9H2,(H,17,20). The predicted molar refractivity (Wildman–Crippen MR) is 96.1 cm³/mol. The lowest BCUT2D eigenvalue weighted by molar-refractivity contribution is 0.248. The van der Waals surface area contributed by atoms with Crippen LogP contribution in [0.3, 0.4) is 0 Å². The van der Waals surface area contributed by atoms with Crippen LogP contribution < -0.4 is 5.32 Å². The zero-order valence-electron chi connectivity index (χ0n) is 11.4. The van der Waals surface area contributed by atoms with Gasteiger partial charge < -0.3 is 5.32 Å². The van der Waals surface area contributed by atoms with E-state index in [1.54, 1.807) is 24.3 Å². The van der Waals surface area contributed by atoms with E-state index in [0.29, 0.717) is 15.9 Å². The van der Waals surface area contributed by atoms with Gasteiger partial charge in [-0.2, -0.15) is 0 Å². The number of anilines is 1. The average molecular weight is 350 g/mol. The molecular weight excluding hydrogens is 338 g/mol. The van der Waals surface area contributed by atoms with E-state index in [4.69, 9.17) is 11.6 Å². The Morgan fingerprint density at radius 2 is 2.09 bits per heavy atom. The fraction of sp³-hybridized carbons (Fsp3) is 0.0667. The molecule has 0 aromatic heterocycles. The number of hydrogen-bond acceptors (Lipinski definition) is 4. The topological polar surface area (TPSA) is 44.7 Å². The smallest absolute Gasteiger partial charge is 0.307 e. The van der Waals surface area contributed by atoms with Crippen LogP contribution in [0.25, 0.3) is 0 Å². The second-order valence-electron chi connectivity index (χ2n) is 4.56. The van der Waals surface area contributed by atoms with Crippen LogP contribution >= 0.6 is 36.2 Å². The highest BCUT2D eigenvalue weighted by Gasteiger charge is 2.21. The zero-order chi connectivity index (χ0) is 15.5. The molecule has 112 valence electrons. The van der Waals surface area contributed by atoms with Crippen molar-refractivity contribution >= 4 is 58.8 Å². The van der Waals surface area contributed by atoms with Gasteiger partial charge in [-0.25, -0.2) is 14.1 Å². The molecule has 0 unspecified atom stereocenters. The summed E-state index contributed by atoms with van der Waals surface area (Å²) in [6.07, 6.45) is 0. The number of benzene rings is 2. The monoisotopic (exact) mass is 349 g/mol. The number of thiol groups is 1. The van der Waals surface area contributed by atoms with E-state index in [9.17, 15) is 4.79 Å². The van der Waals surface area contributed by atoms with Crippen molar-refractivity contribution in [2.45, 2.75) is 5.75 Å². The highest BCUT2D eigenvalue weighted by Crippen LogP contribution is 2.32. The third-order valence-electron chi connectivity index (χ3n) is 3.01. The number of thioether (sulfide) groups is 1. The summed E-state index contributed by atoms with van der Waals surface area (Å²) in [6, 6.07) is 14.4. The molecule has 2 aromatic carbocycles. The molecule has 0 saturated carbocycles. The Morgan fingerprint density at radius 3 is 2.91 bits per heavy atom. The van der Waals surface area contributed by atoms with Crippen molar-refractivity contribution in [3.05, 3.63) is 59.1 Å². The molecular formula is C15H12ClN3OS2. The van der Waals surface area contributed by atoms with Crippen LogP contribution in [0.15, 0.2) is 53.5 Å². The summed E-state index contributed by atoms with van der Waals surface area (Å²) in [4.78, 5) is 16.7. The minimum atomic E-state index is -0.378. The number of carbonyl (C=O) groups is 1. The van der Waals surface area contributed by atoms with E-state index in [-0.39, 0.29) is 6.03 Å². The number of carbonyl (C=O) groups excluding carboxylic acids is 1. The lowest BCUT2D eigenvalue weighted by atomic mass is 10.2. The molecule has 3 rings (SSSR count). The van der Waals surface area contributed by atoms with Gasteiger partial charge in [-0.1, -0.05) is 60.4 Å². The number of rotatable bonds is 1. The Kier molecular flexibility index (Phi) is 4.61. The second-order valence-corrected chi connectivity index (χ2v) is 6.34. The molecule has 22 heavy (non-hydrogen) atoms. The molecule has 0 bridgehead atoms. The molecule has 1 aliphatic rings. The molecule has 4 nitrogen and oxygen atoms in total. The van der Waals surface area contributed by atoms with E-state index in [2.05, 4.69) is 23.1 Å². The number of halogens is 1. The van der Waals surface area contributed by atoms with Gasteiger partial charge in [0.1, 0.15) is 0 Å². The summed E-state index contributed by atoms with van der Waals surface area (Å²) >= 11 is 11.6. The summed E-state index contributed by atoms with van der Waals surface area (Å²) in [6.45, 7) is 0. The summed E-state index contributed by atoms with van der Waals surface area (Å²) in [5.74, 6) is 0.760. The second kappa shape index (κ2) is 6.64. The van der Waals surface area contributed by atoms with Crippen LogP contribution in [-0.2, 0) is 5.75 Å². The van der Waals surface area contributed by atoms with Crippen LogP contribution in [-0.4, -0.2) is 15.5 Å². The summed E-state index contributed by atoms with van der Waals surface area (Å²) in [5.41, 5.74) is 2.62. The van der Waals surface area contributed by atoms with Crippen LogP contribution in [0.4, 0.5) is 16.2 Å². The summed E-state index contributed by atoms with van der Waals surface area (Å²) in [5, 5.41) is 3.84. The maximum absolute atomic E-state index is 12.2. The van der Waals surface area contributed by atoms with Crippen LogP contribution in [0, 0.1) is 0 Å². The predicted octanol–water partition coefficient (Wildman–Crippen LogP) is 4.95. The Hall–Kier alpha value is -1.63. The van der Waals surface area contributed by atoms with Gasteiger partial charge in [-0.15, -0.1) is 0 Å². The number of para-hydroxylation sites is 1. The van der Waals surface area contributed by atoms with Gasteiger partial charge in [0.15, 0.2) is 5.17 Å². The van der Waals surface area contributed by atoms with E-state index < -0.39 is 0 Å². The molecule has 0 saturated heterocycles.